The molecular formula is C27H22N4O5. The molecule has 180 valence electrons. The van der Waals surface area contributed by atoms with E-state index < -0.39 is 24.0 Å². The summed E-state index contributed by atoms with van der Waals surface area (Å²) in [5, 5.41) is 12.7. The van der Waals surface area contributed by atoms with Crippen molar-refractivity contribution >= 4 is 28.4 Å². The van der Waals surface area contributed by atoms with Gasteiger partial charge in [0.15, 0.2) is 12.3 Å². The molecule has 5 rings (SSSR count). The van der Waals surface area contributed by atoms with Gasteiger partial charge in [-0.25, -0.2) is 14.9 Å². The zero-order valence-corrected chi connectivity index (χ0v) is 19.4. The molecule has 0 spiro atoms. The number of rotatable bonds is 6. The molecule has 0 aliphatic carbocycles. The van der Waals surface area contributed by atoms with Crippen molar-refractivity contribution in [3.63, 3.8) is 0 Å². The average molecular weight is 482 g/mol. The molecule has 1 atom stereocenters. The Morgan fingerprint density at radius 3 is 2.39 bits per heavy atom. The van der Waals surface area contributed by atoms with Crippen molar-refractivity contribution in [2.45, 2.75) is 12.5 Å². The summed E-state index contributed by atoms with van der Waals surface area (Å²) in [4.78, 5) is 38.0. The maximum atomic E-state index is 13.2. The number of hydrazone groups is 1. The Balaban J connectivity index is 1.38. The van der Waals surface area contributed by atoms with Gasteiger partial charge in [-0.05, 0) is 29.3 Å². The van der Waals surface area contributed by atoms with Gasteiger partial charge in [-0.3, -0.25) is 9.59 Å². The van der Waals surface area contributed by atoms with Crippen LogP contribution in [0.5, 0.6) is 5.75 Å². The van der Waals surface area contributed by atoms with Crippen LogP contribution in [0.2, 0.25) is 0 Å². The number of H-pyrrole nitrogens is 1. The fourth-order valence-corrected chi connectivity index (χ4v) is 4.16. The van der Waals surface area contributed by atoms with Gasteiger partial charge in [0.05, 0.1) is 24.2 Å². The summed E-state index contributed by atoms with van der Waals surface area (Å²) >= 11 is 0. The van der Waals surface area contributed by atoms with Gasteiger partial charge in [0.25, 0.3) is 11.5 Å². The first-order valence-electron chi connectivity index (χ1n) is 11.3. The number of fused-ring (bicyclic) bond motifs is 1. The molecule has 3 aromatic carbocycles. The molecule has 0 bridgehead atoms. The highest BCUT2D eigenvalue weighted by Gasteiger charge is 2.33. The number of nitrogens with zero attached hydrogens (tertiary/aromatic N) is 3. The third kappa shape index (κ3) is 4.46. The first-order valence-corrected chi connectivity index (χ1v) is 11.3. The molecule has 36 heavy (non-hydrogen) atoms. The lowest BCUT2D eigenvalue weighted by Crippen LogP contribution is -2.31. The summed E-state index contributed by atoms with van der Waals surface area (Å²) in [7, 11) is 1.59. The summed E-state index contributed by atoms with van der Waals surface area (Å²) < 4.78 is 10.6. The normalized spacial score (nSPS) is 15.0. The van der Waals surface area contributed by atoms with Crippen LogP contribution in [0.25, 0.3) is 10.8 Å². The van der Waals surface area contributed by atoms with Gasteiger partial charge < -0.3 is 9.47 Å². The molecule has 2 heterocycles. The molecule has 1 aromatic heterocycles. The summed E-state index contributed by atoms with van der Waals surface area (Å²) in [6.07, 6.45) is 0.502. The first kappa shape index (κ1) is 23.0. The van der Waals surface area contributed by atoms with Crippen LogP contribution in [0.3, 0.4) is 0 Å². The van der Waals surface area contributed by atoms with E-state index in [9.17, 15) is 14.4 Å². The maximum absolute atomic E-state index is 13.2. The number of aromatic amines is 1. The number of nitrogens with one attached hydrogen (secondary N) is 1. The lowest BCUT2D eigenvalue weighted by molar-refractivity contribution is -0.136. The van der Waals surface area contributed by atoms with Crippen molar-refractivity contribution in [1.82, 2.24) is 15.2 Å². The number of ether oxygens (including phenoxy) is 2. The molecule has 1 aliphatic heterocycles. The molecule has 4 aromatic rings. The molecule has 0 saturated heterocycles. The lowest BCUT2D eigenvalue weighted by Gasteiger charge is -2.22. The molecular weight excluding hydrogens is 460 g/mol. The Labute approximate surface area is 206 Å². The van der Waals surface area contributed by atoms with Gasteiger partial charge in [-0.1, -0.05) is 60.7 Å². The van der Waals surface area contributed by atoms with E-state index in [1.807, 2.05) is 54.6 Å². The van der Waals surface area contributed by atoms with Gasteiger partial charge in [-0.2, -0.15) is 10.2 Å². The Morgan fingerprint density at radius 2 is 1.67 bits per heavy atom. The Morgan fingerprint density at radius 1 is 0.972 bits per heavy atom. The molecule has 1 aliphatic rings. The molecule has 9 heteroatoms. The van der Waals surface area contributed by atoms with Crippen LogP contribution in [0.1, 0.15) is 34.1 Å². The van der Waals surface area contributed by atoms with Crippen LogP contribution in [0.15, 0.2) is 88.8 Å². The fraction of sp³-hybridized carbons (Fsp3) is 0.148. The Hall–Kier alpha value is -4.79. The molecule has 1 amide bonds. The van der Waals surface area contributed by atoms with Crippen molar-refractivity contribution in [2.75, 3.05) is 13.7 Å². The monoisotopic (exact) mass is 482 g/mol. The zero-order valence-electron chi connectivity index (χ0n) is 19.4. The second-order valence-corrected chi connectivity index (χ2v) is 8.17. The van der Waals surface area contributed by atoms with Crippen LogP contribution in [-0.4, -0.2) is 46.5 Å². The van der Waals surface area contributed by atoms with E-state index in [1.165, 1.54) is 5.01 Å². The second-order valence-electron chi connectivity index (χ2n) is 8.17. The zero-order chi connectivity index (χ0) is 25.1. The van der Waals surface area contributed by atoms with Crippen LogP contribution >= 0.6 is 0 Å². The quantitative estimate of drug-likeness (QED) is 0.421. The van der Waals surface area contributed by atoms with Crippen LogP contribution < -0.4 is 10.3 Å². The Kier molecular flexibility index (Phi) is 6.27. The molecule has 1 N–H and O–H groups in total. The summed E-state index contributed by atoms with van der Waals surface area (Å²) in [6.45, 7) is -0.536. The fourth-order valence-electron chi connectivity index (χ4n) is 4.16. The smallest absolute Gasteiger partial charge is 0.359 e. The number of esters is 1. The highest BCUT2D eigenvalue weighted by molar-refractivity contribution is 6.04. The van der Waals surface area contributed by atoms with E-state index in [0.717, 1.165) is 16.8 Å². The van der Waals surface area contributed by atoms with Crippen molar-refractivity contribution in [1.29, 1.82) is 0 Å². The summed E-state index contributed by atoms with van der Waals surface area (Å²) in [5.41, 5.74) is 2.05. The minimum Gasteiger partial charge on any atom is -0.497 e. The first-order chi connectivity index (χ1) is 17.5. The van der Waals surface area contributed by atoms with E-state index in [1.54, 1.807) is 31.4 Å². The molecule has 0 radical (unpaired) electrons. The highest BCUT2D eigenvalue weighted by Crippen LogP contribution is 2.33. The van der Waals surface area contributed by atoms with Gasteiger partial charge in [0, 0.05) is 11.8 Å². The number of benzene rings is 3. The topological polar surface area (TPSA) is 114 Å². The average Bonchev–Trinajstić information content (AvgIpc) is 3.38. The van der Waals surface area contributed by atoms with E-state index in [2.05, 4.69) is 15.3 Å². The third-order valence-electron chi connectivity index (χ3n) is 5.99. The van der Waals surface area contributed by atoms with Gasteiger partial charge in [0.2, 0.25) is 0 Å². The van der Waals surface area contributed by atoms with Gasteiger partial charge in [-0.15, -0.1) is 0 Å². The molecule has 0 fully saturated rings. The minimum atomic E-state index is -0.816. The van der Waals surface area contributed by atoms with E-state index in [-0.39, 0.29) is 11.7 Å². The summed E-state index contributed by atoms with van der Waals surface area (Å²) in [6, 6.07) is 23.2. The Bertz CT molecular complexity index is 1510. The number of amides is 1. The minimum absolute atomic E-state index is 0.0698. The maximum Gasteiger partial charge on any atom is 0.359 e. The number of aromatic nitrogens is 2. The van der Waals surface area contributed by atoms with Crippen LogP contribution in [0, 0.1) is 0 Å². The van der Waals surface area contributed by atoms with E-state index >= 15 is 0 Å². The SMILES string of the molecule is COc1ccc([C@@H]2CC(c3ccccc3)=NN2C(=O)COC(=O)c2n[nH]c(=O)c3ccccc23)cc1. The van der Waals surface area contributed by atoms with E-state index in [4.69, 9.17) is 9.47 Å². The number of hydrogen-bond donors (Lipinski definition) is 1. The van der Waals surface area contributed by atoms with E-state index in [0.29, 0.717) is 22.9 Å². The largest absolute Gasteiger partial charge is 0.497 e. The van der Waals surface area contributed by atoms with Gasteiger partial charge >= 0.3 is 5.97 Å². The lowest BCUT2D eigenvalue weighted by atomic mass is 9.98. The third-order valence-corrected chi connectivity index (χ3v) is 5.99. The predicted molar refractivity (Wildman–Crippen MR) is 133 cm³/mol. The molecule has 0 unspecified atom stereocenters. The molecule has 0 saturated carbocycles. The van der Waals surface area contributed by atoms with Crippen molar-refractivity contribution in [2.24, 2.45) is 5.10 Å². The predicted octanol–water partition coefficient (Wildman–Crippen LogP) is 3.47. The number of carbonyl (C=O) groups excluding carboxylic acids is 2. The van der Waals surface area contributed by atoms with Crippen LogP contribution in [0.4, 0.5) is 0 Å². The van der Waals surface area contributed by atoms with Crippen LogP contribution in [-0.2, 0) is 9.53 Å². The van der Waals surface area contributed by atoms with Gasteiger partial charge in [0.1, 0.15) is 5.75 Å². The molecule has 9 nitrogen and oxygen atoms in total. The number of carbonyl (C=O) groups is 2. The van der Waals surface area contributed by atoms with Crippen molar-refractivity contribution < 1.29 is 19.1 Å². The standard InChI is InChI=1S/C27H22N4O5/c1-35-19-13-11-18(12-14-19)23-15-22(17-7-3-2-4-8-17)30-31(23)24(32)16-36-27(34)25-20-9-5-6-10-21(20)26(33)29-28-25/h2-14,23H,15-16H2,1H3,(H,29,33)/t23-/m0/s1. The van der Waals surface area contributed by atoms with Crippen molar-refractivity contribution in [3.8, 4) is 5.75 Å². The number of methoxy groups -OCH3 is 1. The van der Waals surface area contributed by atoms with Crippen molar-refractivity contribution in [3.05, 3.63) is 106 Å². The number of hydrogen-bond acceptors (Lipinski definition) is 7. The summed E-state index contributed by atoms with van der Waals surface area (Å²) in [5.74, 6) is -0.597. The second kappa shape index (κ2) is 9.83. The highest BCUT2D eigenvalue weighted by atomic mass is 16.5.